The van der Waals surface area contributed by atoms with Gasteiger partial charge in [0.1, 0.15) is 11.3 Å². The van der Waals surface area contributed by atoms with Crippen molar-refractivity contribution >= 4 is 5.97 Å². The van der Waals surface area contributed by atoms with Crippen LogP contribution in [0, 0.1) is 5.92 Å². The maximum atomic E-state index is 11.3. The van der Waals surface area contributed by atoms with E-state index in [2.05, 4.69) is 4.74 Å². The van der Waals surface area contributed by atoms with Crippen LogP contribution in [0.25, 0.3) is 0 Å². The van der Waals surface area contributed by atoms with E-state index < -0.39 is 5.97 Å². The molecule has 0 aromatic rings. The number of rotatable bonds is 1. The Labute approximate surface area is 88.7 Å². The number of carbonyl (C=O) groups excluding carboxylic acids is 1. The number of carbonyl (C=O) groups is 1. The minimum absolute atomic E-state index is 0.0917. The number of fused-ring (bicyclic) bond motifs is 1. The quantitative estimate of drug-likeness (QED) is 0.669. The van der Waals surface area contributed by atoms with Gasteiger partial charge in [0.2, 0.25) is 0 Å². The zero-order valence-electron chi connectivity index (χ0n) is 8.69. The van der Waals surface area contributed by atoms with Crippen molar-refractivity contribution in [1.29, 1.82) is 0 Å². The molecule has 0 aliphatic heterocycles. The van der Waals surface area contributed by atoms with Crippen LogP contribution in [0.5, 0.6) is 0 Å². The highest BCUT2D eigenvalue weighted by atomic mass is 16.5. The molecule has 3 nitrogen and oxygen atoms in total. The van der Waals surface area contributed by atoms with Crippen molar-refractivity contribution in [2.75, 3.05) is 7.11 Å². The summed E-state index contributed by atoms with van der Waals surface area (Å²) in [5, 5.41) is 9.92. The molecule has 0 saturated carbocycles. The molecule has 0 radical (unpaired) electrons. The molecule has 15 heavy (non-hydrogen) atoms. The smallest absolute Gasteiger partial charge is 0.341 e. The number of allylic oxidation sites excluding steroid dienone is 3. The van der Waals surface area contributed by atoms with Crippen molar-refractivity contribution < 1.29 is 14.6 Å². The van der Waals surface area contributed by atoms with E-state index in [0.29, 0.717) is 0 Å². The van der Waals surface area contributed by atoms with Gasteiger partial charge in [0.25, 0.3) is 0 Å². The predicted molar refractivity (Wildman–Crippen MR) is 56.2 cm³/mol. The highest BCUT2D eigenvalue weighted by molar-refractivity contribution is 5.93. The van der Waals surface area contributed by atoms with Crippen molar-refractivity contribution in [1.82, 2.24) is 0 Å². The van der Waals surface area contributed by atoms with Crippen LogP contribution >= 0.6 is 0 Å². The van der Waals surface area contributed by atoms with Crippen LogP contribution in [0.1, 0.15) is 19.3 Å². The van der Waals surface area contributed by atoms with E-state index in [0.717, 1.165) is 24.8 Å². The number of esters is 1. The molecule has 0 amide bonds. The van der Waals surface area contributed by atoms with Crippen molar-refractivity contribution in [2.24, 2.45) is 5.92 Å². The number of aliphatic hydroxyl groups is 1. The highest BCUT2D eigenvalue weighted by Gasteiger charge is 2.26. The summed E-state index contributed by atoms with van der Waals surface area (Å²) in [6, 6.07) is 0. The lowest BCUT2D eigenvalue weighted by atomic mass is 9.82. The summed E-state index contributed by atoms with van der Waals surface area (Å²) in [4.78, 5) is 11.3. The third kappa shape index (κ3) is 1.69. The average molecular weight is 206 g/mol. The van der Waals surface area contributed by atoms with Crippen LogP contribution in [-0.2, 0) is 9.53 Å². The fraction of sp³-hybridized carbons (Fsp3) is 0.417. The molecule has 0 spiro atoms. The first-order valence-electron chi connectivity index (χ1n) is 5.14. The van der Waals surface area contributed by atoms with Gasteiger partial charge in [-0.1, -0.05) is 12.2 Å². The molecule has 1 atom stereocenters. The van der Waals surface area contributed by atoms with E-state index in [-0.39, 0.29) is 17.3 Å². The lowest BCUT2D eigenvalue weighted by Gasteiger charge is -2.25. The van der Waals surface area contributed by atoms with Crippen LogP contribution in [0.15, 0.2) is 35.1 Å². The standard InChI is InChI=1S/C12H14O3/c1-15-12(14)10-7-6-8-4-2-3-5-9(8)11(10)13/h5-8,13H,2-4H2,1H3. The van der Waals surface area contributed by atoms with Crippen molar-refractivity contribution in [2.45, 2.75) is 19.3 Å². The van der Waals surface area contributed by atoms with Gasteiger partial charge in [0.05, 0.1) is 7.11 Å². The summed E-state index contributed by atoms with van der Waals surface area (Å²) in [5.74, 6) is -0.116. The molecule has 3 heteroatoms. The number of hydrogen-bond donors (Lipinski definition) is 1. The number of hydrogen-bond acceptors (Lipinski definition) is 3. The van der Waals surface area contributed by atoms with Crippen LogP contribution in [0.4, 0.5) is 0 Å². The molecule has 0 aromatic carbocycles. The molecule has 0 heterocycles. The van der Waals surface area contributed by atoms with Crippen LogP contribution in [-0.4, -0.2) is 18.2 Å². The van der Waals surface area contributed by atoms with E-state index in [1.165, 1.54) is 7.11 Å². The molecule has 2 aliphatic rings. The second kappa shape index (κ2) is 3.93. The number of ether oxygens (including phenoxy) is 1. The summed E-state index contributed by atoms with van der Waals surface area (Å²) in [7, 11) is 1.32. The Morgan fingerprint density at radius 2 is 2.40 bits per heavy atom. The number of methoxy groups -OCH3 is 1. The van der Waals surface area contributed by atoms with E-state index in [1.807, 2.05) is 12.2 Å². The van der Waals surface area contributed by atoms with Crippen molar-refractivity contribution in [3.05, 3.63) is 35.1 Å². The molecule has 1 N–H and O–H groups in total. The first-order valence-corrected chi connectivity index (χ1v) is 5.14. The van der Waals surface area contributed by atoms with Gasteiger partial charge in [-0.25, -0.2) is 4.79 Å². The molecule has 2 rings (SSSR count). The van der Waals surface area contributed by atoms with Gasteiger partial charge in [-0.15, -0.1) is 0 Å². The van der Waals surface area contributed by atoms with Gasteiger partial charge < -0.3 is 9.84 Å². The second-order valence-electron chi connectivity index (χ2n) is 3.81. The Morgan fingerprint density at radius 1 is 1.60 bits per heavy atom. The Bertz CT molecular complexity index is 374. The van der Waals surface area contributed by atoms with E-state index >= 15 is 0 Å². The van der Waals surface area contributed by atoms with Crippen LogP contribution in [0.3, 0.4) is 0 Å². The Kier molecular flexibility index (Phi) is 2.62. The summed E-state index contributed by atoms with van der Waals surface area (Å²) in [5.41, 5.74) is 1.14. The van der Waals surface area contributed by atoms with Gasteiger partial charge in [-0.05, 0) is 30.9 Å². The molecule has 1 unspecified atom stereocenters. The summed E-state index contributed by atoms with van der Waals surface area (Å²) >= 11 is 0. The topological polar surface area (TPSA) is 46.5 Å². The third-order valence-electron chi connectivity index (χ3n) is 2.91. The Hall–Kier alpha value is -1.51. The number of aliphatic hydroxyl groups excluding tert-OH is 1. The lowest BCUT2D eigenvalue weighted by molar-refractivity contribution is -0.135. The molecule has 80 valence electrons. The minimum Gasteiger partial charge on any atom is -0.507 e. The predicted octanol–water partition coefficient (Wildman–Crippen LogP) is 2.27. The van der Waals surface area contributed by atoms with Crippen molar-refractivity contribution in [3.63, 3.8) is 0 Å². The summed E-state index contributed by atoms with van der Waals surface area (Å²) < 4.78 is 4.60. The minimum atomic E-state index is -0.478. The maximum absolute atomic E-state index is 11.3. The molecule has 0 aromatic heterocycles. The largest absolute Gasteiger partial charge is 0.507 e. The van der Waals surface area contributed by atoms with Gasteiger partial charge in [-0.3, -0.25) is 0 Å². The Morgan fingerprint density at radius 3 is 3.13 bits per heavy atom. The zero-order valence-corrected chi connectivity index (χ0v) is 8.69. The monoisotopic (exact) mass is 206 g/mol. The fourth-order valence-electron chi connectivity index (χ4n) is 2.10. The van der Waals surface area contributed by atoms with Crippen LogP contribution in [0.2, 0.25) is 0 Å². The van der Waals surface area contributed by atoms with Gasteiger partial charge in [0, 0.05) is 5.92 Å². The second-order valence-corrected chi connectivity index (χ2v) is 3.81. The Balaban J connectivity index is 2.37. The molecular formula is C12H14O3. The zero-order chi connectivity index (χ0) is 10.8. The molecule has 0 bridgehead atoms. The first-order chi connectivity index (χ1) is 7.24. The molecular weight excluding hydrogens is 192 g/mol. The maximum Gasteiger partial charge on any atom is 0.341 e. The van der Waals surface area contributed by atoms with Gasteiger partial charge in [0.15, 0.2) is 0 Å². The fourth-order valence-corrected chi connectivity index (χ4v) is 2.10. The summed E-state index contributed by atoms with van der Waals surface area (Å²) in [6.45, 7) is 0. The molecule has 0 fully saturated rings. The molecule has 2 aliphatic carbocycles. The normalized spacial score (nSPS) is 24.6. The average Bonchev–Trinajstić information content (AvgIpc) is 2.29. The SMILES string of the molecule is COC(=O)C1=C(O)C2=CCCCC2C=C1. The third-order valence-corrected chi connectivity index (χ3v) is 2.91. The highest BCUT2D eigenvalue weighted by Crippen LogP contribution is 2.35. The lowest BCUT2D eigenvalue weighted by Crippen LogP contribution is -2.17. The van der Waals surface area contributed by atoms with E-state index in [1.54, 1.807) is 6.08 Å². The van der Waals surface area contributed by atoms with Crippen molar-refractivity contribution in [3.8, 4) is 0 Å². The van der Waals surface area contributed by atoms with E-state index in [9.17, 15) is 9.90 Å². The van der Waals surface area contributed by atoms with Crippen LogP contribution < -0.4 is 0 Å². The molecule has 0 saturated heterocycles. The van der Waals surface area contributed by atoms with Gasteiger partial charge in [-0.2, -0.15) is 0 Å². The van der Waals surface area contributed by atoms with Gasteiger partial charge >= 0.3 is 5.97 Å². The first kappa shape index (κ1) is 10.0. The van der Waals surface area contributed by atoms with E-state index in [4.69, 9.17) is 0 Å². The summed E-state index contributed by atoms with van der Waals surface area (Å²) in [6.07, 6.45) is 8.79.